The molecule has 0 aliphatic rings. The third kappa shape index (κ3) is 27.4. The predicted molar refractivity (Wildman–Crippen MR) is 119 cm³/mol. The Balaban J connectivity index is -0.0000000854. The molecule has 8 heteroatoms. The monoisotopic (exact) mass is 604 g/mol. The van der Waals surface area contributed by atoms with Gasteiger partial charge in [-0.15, -0.1) is 0 Å². The van der Waals surface area contributed by atoms with Crippen LogP contribution in [0.25, 0.3) is 0 Å². The first-order chi connectivity index (χ1) is 11.7. The molecule has 0 bridgehead atoms. The van der Waals surface area contributed by atoms with Crippen LogP contribution in [0.15, 0.2) is 0 Å². The van der Waals surface area contributed by atoms with E-state index in [1.165, 1.54) is 69.7 Å². The smallest absolute Gasteiger partial charge is 0.0840 e. The van der Waals surface area contributed by atoms with E-state index in [1.807, 2.05) is 0 Å². The van der Waals surface area contributed by atoms with Gasteiger partial charge in [-0.3, -0.25) is 0 Å². The summed E-state index contributed by atoms with van der Waals surface area (Å²) in [6, 6.07) is 0. The van der Waals surface area contributed by atoms with Crippen molar-refractivity contribution in [2.24, 2.45) is 0 Å². The molecule has 0 N–H and O–H groups in total. The maximum absolute atomic E-state index is 2.32. The molecular formula is C22H56Br2Cl2N4. The van der Waals surface area contributed by atoms with Gasteiger partial charge in [-0.25, -0.2) is 0 Å². The van der Waals surface area contributed by atoms with E-state index in [2.05, 4.69) is 84.1 Å². The maximum atomic E-state index is 2.32. The molecule has 0 aliphatic carbocycles. The summed E-state index contributed by atoms with van der Waals surface area (Å²) in [5, 5.41) is 0. The van der Waals surface area contributed by atoms with Gasteiger partial charge < -0.3 is 76.7 Å². The van der Waals surface area contributed by atoms with Crippen LogP contribution in [0.1, 0.15) is 40.5 Å². The molecule has 0 saturated carbocycles. The van der Waals surface area contributed by atoms with E-state index >= 15 is 0 Å². The Kier molecular flexibility index (Phi) is 31.4. The van der Waals surface area contributed by atoms with Crippen LogP contribution in [0.2, 0.25) is 0 Å². The summed E-state index contributed by atoms with van der Waals surface area (Å²) in [6.07, 6.45) is 2.67. The maximum Gasteiger partial charge on any atom is 0.0840 e. The zero-order valence-electron chi connectivity index (χ0n) is 22.4. The van der Waals surface area contributed by atoms with E-state index in [4.69, 9.17) is 0 Å². The van der Waals surface area contributed by atoms with E-state index in [9.17, 15) is 0 Å². The lowest BCUT2D eigenvalue weighted by Crippen LogP contribution is -3.00. The van der Waals surface area contributed by atoms with Crippen molar-refractivity contribution in [2.45, 2.75) is 40.5 Å². The SMILES string of the molecule is CC[N+](C)(C)CCC[N+](C)(C)C.CC[N+](CC)(CC)CCC[N+](C)(C)C.[Br-].[Br-].[Cl-].[Cl-]. The Hall–Kier alpha value is 1.38. The van der Waals surface area contributed by atoms with Crippen molar-refractivity contribution in [3.05, 3.63) is 0 Å². The average Bonchev–Trinajstić information content (AvgIpc) is 2.50. The van der Waals surface area contributed by atoms with Gasteiger partial charge in [0.15, 0.2) is 0 Å². The molecule has 192 valence electrons. The van der Waals surface area contributed by atoms with Crippen LogP contribution in [0.4, 0.5) is 0 Å². The molecule has 4 nitrogen and oxygen atoms in total. The minimum absolute atomic E-state index is 0. The summed E-state index contributed by atoms with van der Waals surface area (Å²) in [7, 11) is 18.2. The molecule has 0 amide bonds. The Bertz CT molecular complexity index is 346. The van der Waals surface area contributed by atoms with E-state index in [-0.39, 0.29) is 58.8 Å². The lowest BCUT2D eigenvalue weighted by atomic mass is 10.2. The molecule has 0 aliphatic heterocycles. The number of nitrogens with zero attached hydrogens (tertiary/aromatic N) is 4. The highest BCUT2D eigenvalue weighted by molar-refractivity contribution is 4.40. The molecule has 0 aromatic rings. The summed E-state index contributed by atoms with van der Waals surface area (Å²) in [5.41, 5.74) is 0. The second-order valence-electron chi connectivity index (χ2n) is 10.7. The third-order valence-electron chi connectivity index (χ3n) is 5.92. The molecule has 0 heterocycles. The summed E-state index contributed by atoms with van der Waals surface area (Å²) in [4.78, 5) is 0. The number of hydrogen-bond acceptors (Lipinski definition) is 0. The van der Waals surface area contributed by atoms with Crippen molar-refractivity contribution in [1.82, 2.24) is 0 Å². The van der Waals surface area contributed by atoms with Crippen molar-refractivity contribution in [3.63, 3.8) is 0 Å². The normalized spacial score (nSPS) is 11.6. The van der Waals surface area contributed by atoms with Gasteiger partial charge in [-0.1, -0.05) is 0 Å². The fourth-order valence-electron chi connectivity index (χ4n) is 3.16. The van der Waals surface area contributed by atoms with Crippen LogP contribution < -0.4 is 58.8 Å². The second-order valence-corrected chi connectivity index (χ2v) is 10.7. The Labute approximate surface area is 225 Å². The van der Waals surface area contributed by atoms with Crippen molar-refractivity contribution in [1.29, 1.82) is 0 Å². The molecule has 0 fully saturated rings. The predicted octanol–water partition coefficient (Wildman–Crippen LogP) is -8.85. The van der Waals surface area contributed by atoms with Crippen molar-refractivity contribution in [2.75, 3.05) is 109 Å². The standard InChI is InChI=1S/C12H30N2.C10H26N2.2BrH.2ClH/c1-7-14(8-2,9-3)12-10-11-13(4,5)6;1-7-12(5,6)10-8-9-11(2,3)4;;;;/h7-12H2,1-6H3;7-10H2,1-6H3;4*1H/q2*+2;;;;/p-4. The molecule has 0 radical (unpaired) electrons. The number of rotatable bonds is 12. The van der Waals surface area contributed by atoms with Gasteiger partial charge in [-0.05, 0) is 27.7 Å². The van der Waals surface area contributed by atoms with Gasteiger partial charge in [0.2, 0.25) is 0 Å². The van der Waals surface area contributed by atoms with E-state index in [1.54, 1.807) is 0 Å². The first-order valence-electron chi connectivity index (χ1n) is 10.9. The second kappa shape index (κ2) is 20.9. The number of halogens is 4. The lowest BCUT2D eigenvalue weighted by molar-refractivity contribution is -0.929. The number of hydrogen-bond donors (Lipinski definition) is 0. The molecule has 0 saturated heterocycles. The van der Waals surface area contributed by atoms with Crippen LogP contribution >= 0.6 is 0 Å². The topological polar surface area (TPSA) is 0 Å². The van der Waals surface area contributed by atoms with Gasteiger partial charge in [0.25, 0.3) is 0 Å². The van der Waals surface area contributed by atoms with Crippen molar-refractivity contribution < 1.29 is 76.7 Å². The van der Waals surface area contributed by atoms with Gasteiger partial charge in [-0.2, -0.15) is 0 Å². The molecule has 30 heavy (non-hydrogen) atoms. The minimum Gasteiger partial charge on any atom is -1.00 e. The van der Waals surface area contributed by atoms with Crippen LogP contribution in [0.3, 0.4) is 0 Å². The van der Waals surface area contributed by atoms with Crippen molar-refractivity contribution >= 4 is 0 Å². The fourth-order valence-corrected chi connectivity index (χ4v) is 3.16. The van der Waals surface area contributed by atoms with Gasteiger partial charge in [0, 0.05) is 12.8 Å². The highest BCUT2D eigenvalue weighted by Gasteiger charge is 2.21. The highest BCUT2D eigenvalue weighted by atomic mass is 79.9. The van der Waals surface area contributed by atoms with Crippen LogP contribution in [0, 0.1) is 0 Å². The zero-order valence-corrected chi connectivity index (χ0v) is 27.1. The van der Waals surface area contributed by atoms with Crippen LogP contribution in [0.5, 0.6) is 0 Å². The first-order valence-corrected chi connectivity index (χ1v) is 10.9. The summed E-state index contributed by atoms with van der Waals surface area (Å²) in [5.74, 6) is 0. The Morgan fingerprint density at radius 3 is 0.967 bits per heavy atom. The summed E-state index contributed by atoms with van der Waals surface area (Å²) >= 11 is 0. The van der Waals surface area contributed by atoms with Gasteiger partial charge in [0.05, 0.1) is 109 Å². The molecule has 0 unspecified atom stereocenters. The summed E-state index contributed by atoms with van der Waals surface area (Å²) < 4.78 is 4.63. The van der Waals surface area contributed by atoms with Crippen LogP contribution in [-0.4, -0.2) is 127 Å². The molecule has 0 spiro atoms. The van der Waals surface area contributed by atoms with Crippen LogP contribution in [-0.2, 0) is 0 Å². The molecule has 0 aromatic heterocycles. The highest BCUT2D eigenvalue weighted by Crippen LogP contribution is 2.08. The van der Waals surface area contributed by atoms with Crippen molar-refractivity contribution in [3.8, 4) is 0 Å². The number of quaternary nitrogens is 4. The third-order valence-corrected chi connectivity index (χ3v) is 5.92. The van der Waals surface area contributed by atoms with E-state index < -0.39 is 0 Å². The molecule has 0 rings (SSSR count). The molecular weight excluding hydrogens is 551 g/mol. The molecule has 0 aromatic carbocycles. The van der Waals surface area contributed by atoms with E-state index in [0.29, 0.717) is 0 Å². The lowest BCUT2D eigenvalue weighted by Gasteiger charge is -2.36. The van der Waals surface area contributed by atoms with Gasteiger partial charge in [0.1, 0.15) is 0 Å². The summed E-state index contributed by atoms with van der Waals surface area (Å²) in [6.45, 7) is 19.5. The van der Waals surface area contributed by atoms with E-state index in [0.717, 1.165) is 13.4 Å². The Morgan fingerprint density at radius 1 is 0.433 bits per heavy atom. The quantitative estimate of drug-likeness (QED) is 0.194. The Morgan fingerprint density at radius 2 is 0.733 bits per heavy atom. The van der Waals surface area contributed by atoms with Gasteiger partial charge >= 0.3 is 0 Å². The zero-order chi connectivity index (χ0) is 21.1. The average molecular weight is 607 g/mol. The largest absolute Gasteiger partial charge is 1.00 e. The minimum atomic E-state index is 0. The molecule has 0 atom stereocenters. The first kappa shape index (κ1) is 45.0. The fraction of sp³-hybridized carbons (Fsp3) is 1.00.